The average Bonchev–Trinajstić information content (AvgIpc) is 2.90. The van der Waals surface area contributed by atoms with E-state index in [-0.39, 0.29) is 18.0 Å². The summed E-state index contributed by atoms with van der Waals surface area (Å²) in [4.78, 5) is 0.956. The second-order valence-electron chi connectivity index (χ2n) is 4.45. The fourth-order valence-electron chi connectivity index (χ4n) is 2.16. The third-order valence-electron chi connectivity index (χ3n) is 3.16. The van der Waals surface area contributed by atoms with Crippen LogP contribution in [0, 0.1) is 11.6 Å². The van der Waals surface area contributed by atoms with Gasteiger partial charge in [-0.15, -0.1) is 5.10 Å². The molecule has 2 aromatic rings. The number of aromatic nitrogens is 2. The predicted molar refractivity (Wildman–Crippen MR) is 75.8 cm³/mol. The third kappa shape index (κ3) is 3.19. The Balaban J connectivity index is 2.30. The molecule has 1 atom stereocenters. The van der Waals surface area contributed by atoms with Crippen molar-refractivity contribution < 1.29 is 8.78 Å². The van der Waals surface area contributed by atoms with Crippen LogP contribution < -0.4 is 5.32 Å². The molecule has 0 aliphatic carbocycles. The van der Waals surface area contributed by atoms with E-state index in [9.17, 15) is 8.78 Å². The Morgan fingerprint density at radius 1 is 1.25 bits per heavy atom. The van der Waals surface area contributed by atoms with Gasteiger partial charge in [-0.1, -0.05) is 24.4 Å². The lowest BCUT2D eigenvalue weighted by atomic mass is 10.0. The van der Waals surface area contributed by atoms with Gasteiger partial charge in [0.15, 0.2) is 0 Å². The van der Waals surface area contributed by atoms with Crippen molar-refractivity contribution in [2.75, 3.05) is 6.54 Å². The van der Waals surface area contributed by atoms with Crippen molar-refractivity contribution in [2.24, 2.45) is 0 Å². The molecule has 6 heteroatoms. The van der Waals surface area contributed by atoms with E-state index in [1.54, 1.807) is 0 Å². The van der Waals surface area contributed by atoms with Crippen LogP contribution in [0.25, 0.3) is 0 Å². The molecule has 0 saturated heterocycles. The standard InChI is InChI=1S/C14H17F2N3S/c1-3-12-14(20-19-18-12)13(17-4-2)8-9-10(15)6-5-7-11(9)16/h5-7,13,17H,3-4,8H2,1-2H3. The topological polar surface area (TPSA) is 37.8 Å². The van der Waals surface area contributed by atoms with Gasteiger partial charge in [0.2, 0.25) is 0 Å². The van der Waals surface area contributed by atoms with Crippen molar-refractivity contribution in [3.63, 3.8) is 0 Å². The zero-order chi connectivity index (χ0) is 14.5. The summed E-state index contributed by atoms with van der Waals surface area (Å²) >= 11 is 1.28. The number of halogens is 2. The zero-order valence-corrected chi connectivity index (χ0v) is 12.3. The Morgan fingerprint density at radius 3 is 2.55 bits per heavy atom. The van der Waals surface area contributed by atoms with Crippen molar-refractivity contribution in [1.29, 1.82) is 0 Å². The average molecular weight is 297 g/mol. The molecule has 1 aromatic carbocycles. The summed E-state index contributed by atoms with van der Waals surface area (Å²) in [5.74, 6) is -1.02. The Labute approximate surface area is 121 Å². The lowest BCUT2D eigenvalue weighted by Gasteiger charge is -2.17. The van der Waals surface area contributed by atoms with Crippen molar-refractivity contribution >= 4 is 11.5 Å². The number of nitrogens with zero attached hydrogens (tertiary/aromatic N) is 2. The van der Waals surface area contributed by atoms with Gasteiger partial charge in [0.25, 0.3) is 0 Å². The highest BCUT2D eigenvalue weighted by Crippen LogP contribution is 2.26. The van der Waals surface area contributed by atoms with Crippen molar-refractivity contribution in [1.82, 2.24) is 14.9 Å². The molecular weight excluding hydrogens is 280 g/mol. The minimum atomic E-state index is -0.511. The zero-order valence-electron chi connectivity index (χ0n) is 11.5. The fourth-order valence-corrected chi connectivity index (χ4v) is 2.97. The summed E-state index contributed by atoms with van der Waals surface area (Å²) in [6.45, 7) is 4.67. The molecule has 1 heterocycles. The maximum absolute atomic E-state index is 13.8. The molecule has 1 N–H and O–H groups in total. The molecule has 1 unspecified atom stereocenters. The molecule has 108 valence electrons. The molecule has 0 aliphatic rings. The molecular formula is C14H17F2N3S. The second-order valence-corrected chi connectivity index (χ2v) is 5.24. The fraction of sp³-hybridized carbons (Fsp3) is 0.429. The van der Waals surface area contributed by atoms with E-state index in [2.05, 4.69) is 14.9 Å². The van der Waals surface area contributed by atoms with E-state index >= 15 is 0 Å². The third-order valence-corrected chi connectivity index (χ3v) is 4.04. The van der Waals surface area contributed by atoms with E-state index in [1.165, 1.54) is 29.7 Å². The van der Waals surface area contributed by atoms with Crippen molar-refractivity contribution in [3.05, 3.63) is 46.0 Å². The lowest BCUT2D eigenvalue weighted by Crippen LogP contribution is -2.24. The first kappa shape index (κ1) is 15.0. The summed E-state index contributed by atoms with van der Waals surface area (Å²) in [5, 5.41) is 7.33. The molecule has 2 rings (SSSR count). The van der Waals surface area contributed by atoms with Gasteiger partial charge < -0.3 is 5.32 Å². The maximum atomic E-state index is 13.8. The molecule has 0 radical (unpaired) electrons. The van der Waals surface area contributed by atoms with Crippen LogP contribution in [0.1, 0.15) is 36.0 Å². The molecule has 0 saturated carbocycles. The summed E-state index contributed by atoms with van der Waals surface area (Å²) in [7, 11) is 0. The van der Waals surface area contributed by atoms with Crippen molar-refractivity contribution in [2.45, 2.75) is 32.7 Å². The van der Waals surface area contributed by atoms with Gasteiger partial charge in [0, 0.05) is 11.6 Å². The van der Waals surface area contributed by atoms with Crippen LogP contribution in [0.15, 0.2) is 18.2 Å². The van der Waals surface area contributed by atoms with E-state index in [0.717, 1.165) is 17.0 Å². The predicted octanol–water partition coefficient (Wildman–Crippen LogP) is 3.27. The number of likely N-dealkylation sites (N-methyl/N-ethyl adjacent to an activating group) is 1. The molecule has 0 amide bonds. The Hall–Kier alpha value is -1.40. The highest BCUT2D eigenvalue weighted by atomic mass is 32.1. The Morgan fingerprint density at radius 2 is 1.95 bits per heavy atom. The summed E-state index contributed by atoms with van der Waals surface area (Å²) < 4.78 is 31.5. The van der Waals surface area contributed by atoms with Gasteiger partial charge >= 0.3 is 0 Å². The quantitative estimate of drug-likeness (QED) is 0.889. The molecule has 0 aliphatic heterocycles. The molecule has 3 nitrogen and oxygen atoms in total. The second kappa shape index (κ2) is 6.85. The number of hydrogen-bond donors (Lipinski definition) is 1. The number of aryl methyl sites for hydroxylation is 1. The van der Waals surface area contributed by atoms with Gasteiger partial charge in [-0.3, -0.25) is 0 Å². The van der Waals surface area contributed by atoms with Crippen LogP contribution >= 0.6 is 11.5 Å². The van der Waals surface area contributed by atoms with Crippen LogP contribution in [0.2, 0.25) is 0 Å². The molecule has 0 bridgehead atoms. The lowest BCUT2D eigenvalue weighted by molar-refractivity contribution is 0.501. The van der Waals surface area contributed by atoms with Crippen molar-refractivity contribution in [3.8, 4) is 0 Å². The van der Waals surface area contributed by atoms with Gasteiger partial charge in [-0.25, -0.2) is 8.78 Å². The highest BCUT2D eigenvalue weighted by molar-refractivity contribution is 7.05. The number of rotatable bonds is 6. The van der Waals surface area contributed by atoms with Crippen LogP contribution in [-0.4, -0.2) is 16.1 Å². The molecule has 0 spiro atoms. The van der Waals surface area contributed by atoms with E-state index in [4.69, 9.17) is 0 Å². The minimum Gasteiger partial charge on any atom is -0.309 e. The number of benzene rings is 1. The van der Waals surface area contributed by atoms with Gasteiger partial charge in [0.05, 0.1) is 10.6 Å². The Bertz CT molecular complexity index is 551. The maximum Gasteiger partial charge on any atom is 0.129 e. The SMILES string of the molecule is CCNC(Cc1c(F)cccc1F)c1snnc1CC. The van der Waals surface area contributed by atoms with Gasteiger partial charge in [-0.2, -0.15) is 0 Å². The Kier molecular flexibility index (Phi) is 5.14. The van der Waals surface area contributed by atoms with Crippen LogP contribution in [0.5, 0.6) is 0 Å². The van der Waals surface area contributed by atoms with Gasteiger partial charge in [0.1, 0.15) is 11.6 Å². The molecule has 0 fully saturated rings. The number of nitrogens with one attached hydrogen (secondary N) is 1. The van der Waals surface area contributed by atoms with Crippen LogP contribution in [-0.2, 0) is 12.8 Å². The van der Waals surface area contributed by atoms with E-state index in [0.29, 0.717) is 6.54 Å². The molecule has 20 heavy (non-hydrogen) atoms. The number of hydrogen-bond acceptors (Lipinski definition) is 4. The normalized spacial score (nSPS) is 12.6. The summed E-state index contributed by atoms with van der Waals surface area (Å²) in [5.41, 5.74) is 0.992. The first-order chi connectivity index (χ1) is 9.67. The van der Waals surface area contributed by atoms with Gasteiger partial charge in [-0.05, 0) is 43.1 Å². The van der Waals surface area contributed by atoms with E-state index in [1.807, 2.05) is 13.8 Å². The summed E-state index contributed by atoms with van der Waals surface area (Å²) in [6.07, 6.45) is 1.01. The first-order valence-electron chi connectivity index (χ1n) is 6.64. The first-order valence-corrected chi connectivity index (χ1v) is 7.42. The van der Waals surface area contributed by atoms with E-state index < -0.39 is 11.6 Å². The summed E-state index contributed by atoms with van der Waals surface area (Å²) in [6, 6.07) is 3.78. The minimum absolute atomic E-state index is 0.105. The highest BCUT2D eigenvalue weighted by Gasteiger charge is 2.21. The largest absolute Gasteiger partial charge is 0.309 e. The van der Waals surface area contributed by atoms with Crippen LogP contribution in [0.4, 0.5) is 8.78 Å². The monoisotopic (exact) mass is 297 g/mol. The van der Waals surface area contributed by atoms with Crippen LogP contribution in [0.3, 0.4) is 0 Å². The smallest absolute Gasteiger partial charge is 0.129 e. The molecule has 1 aromatic heterocycles.